The Morgan fingerprint density at radius 1 is 1.27 bits per heavy atom. The number of ether oxygens (including phenoxy) is 1. The minimum Gasteiger partial charge on any atom is -0.422 e. The molecule has 1 aromatic carbocycles. The van der Waals surface area contributed by atoms with Gasteiger partial charge in [0.1, 0.15) is 5.75 Å². The largest absolute Gasteiger partial charge is 0.422 e. The first-order chi connectivity index (χ1) is 10.6. The number of halogens is 1. The molecule has 0 aliphatic heterocycles. The quantitative estimate of drug-likeness (QED) is 0.522. The SMILES string of the molecule is Cc1cc(OC(=O)c2cc(-c3cccnc3)on2)ccc1Br. The first kappa shape index (κ1) is 14.5. The van der Waals surface area contributed by atoms with E-state index in [9.17, 15) is 4.79 Å². The van der Waals surface area contributed by atoms with E-state index in [1.165, 1.54) is 6.07 Å². The average molecular weight is 359 g/mol. The highest BCUT2D eigenvalue weighted by Crippen LogP contribution is 2.23. The van der Waals surface area contributed by atoms with Gasteiger partial charge in [-0.05, 0) is 42.8 Å². The Balaban J connectivity index is 1.78. The van der Waals surface area contributed by atoms with E-state index in [1.807, 2.05) is 19.1 Å². The normalized spacial score (nSPS) is 10.5. The number of hydrogen-bond acceptors (Lipinski definition) is 5. The van der Waals surface area contributed by atoms with E-state index in [-0.39, 0.29) is 5.69 Å². The van der Waals surface area contributed by atoms with Crippen molar-refractivity contribution in [3.05, 3.63) is 64.5 Å². The fourth-order valence-corrected chi connectivity index (χ4v) is 2.10. The molecule has 3 aromatic rings. The molecule has 5 nitrogen and oxygen atoms in total. The van der Waals surface area contributed by atoms with Crippen molar-refractivity contribution in [2.45, 2.75) is 6.92 Å². The molecule has 2 aromatic heterocycles. The van der Waals surface area contributed by atoms with E-state index < -0.39 is 5.97 Å². The Hall–Kier alpha value is -2.47. The van der Waals surface area contributed by atoms with Crippen molar-refractivity contribution in [1.29, 1.82) is 0 Å². The summed E-state index contributed by atoms with van der Waals surface area (Å²) >= 11 is 3.40. The van der Waals surface area contributed by atoms with Crippen LogP contribution in [0.3, 0.4) is 0 Å². The fourth-order valence-electron chi connectivity index (χ4n) is 1.86. The maximum atomic E-state index is 12.1. The third-order valence-electron chi connectivity index (χ3n) is 3.01. The smallest absolute Gasteiger partial charge is 0.365 e. The zero-order valence-corrected chi connectivity index (χ0v) is 13.2. The number of nitrogens with zero attached hydrogens (tertiary/aromatic N) is 2. The van der Waals surface area contributed by atoms with Gasteiger partial charge in [0.25, 0.3) is 0 Å². The van der Waals surface area contributed by atoms with Crippen LogP contribution in [0, 0.1) is 6.92 Å². The summed E-state index contributed by atoms with van der Waals surface area (Å²) in [5.41, 5.74) is 1.83. The number of benzene rings is 1. The molecule has 22 heavy (non-hydrogen) atoms. The molecule has 0 saturated heterocycles. The highest BCUT2D eigenvalue weighted by atomic mass is 79.9. The fraction of sp³-hybridized carbons (Fsp3) is 0.0625. The van der Waals surface area contributed by atoms with Crippen LogP contribution in [0.5, 0.6) is 5.75 Å². The van der Waals surface area contributed by atoms with Crippen molar-refractivity contribution in [1.82, 2.24) is 10.1 Å². The number of carbonyl (C=O) groups is 1. The molecular weight excluding hydrogens is 348 g/mol. The van der Waals surface area contributed by atoms with E-state index in [1.54, 1.807) is 30.6 Å². The van der Waals surface area contributed by atoms with Crippen LogP contribution in [-0.4, -0.2) is 16.1 Å². The Labute approximate surface area is 135 Å². The number of hydrogen-bond donors (Lipinski definition) is 0. The molecule has 0 bridgehead atoms. The van der Waals surface area contributed by atoms with Crippen molar-refractivity contribution in [3.8, 4) is 17.1 Å². The predicted octanol–water partition coefficient (Wildman–Crippen LogP) is 4.03. The van der Waals surface area contributed by atoms with Gasteiger partial charge in [-0.25, -0.2) is 4.79 Å². The lowest BCUT2D eigenvalue weighted by Gasteiger charge is -2.04. The van der Waals surface area contributed by atoms with Gasteiger partial charge >= 0.3 is 5.97 Å². The van der Waals surface area contributed by atoms with Gasteiger partial charge in [-0.1, -0.05) is 21.1 Å². The summed E-state index contributed by atoms with van der Waals surface area (Å²) < 4.78 is 11.4. The number of aromatic nitrogens is 2. The highest BCUT2D eigenvalue weighted by Gasteiger charge is 2.16. The lowest BCUT2D eigenvalue weighted by molar-refractivity contribution is 0.0724. The van der Waals surface area contributed by atoms with Crippen LogP contribution >= 0.6 is 15.9 Å². The third-order valence-corrected chi connectivity index (χ3v) is 3.90. The van der Waals surface area contributed by atoms with Gasteiger partial charge in [0.2, 0.25) is 0 Å². The summed E-state index contributed by atoms with van der Waals surface area (Å²) in [6.45, 7) is 1.91. The van der Waals surface area contributed by atoms with Gasteiger partial charge in [-0.3, -0.25) is 4.98 Å². The van der Waals surface area contributed by atoms with Crippen molar-refractivity contribution in [2.75, 3.05) is 0 Å². The average Bonchev–Trinajstić information content (AvgIpc) is 3.02. The summed E-state index contributed by atoms with van der Waals surface area (Å²) in [5, 5.41) is 3.74. The molecule has 0 saturated carbocycles. The van der Waals surface area contributed by atoms with Crippen LogP contribution in [-0.2, 0) is 0 Å². The second-order valence-corrected chi connectivity index (χ2v) is 5.47. The summed E-state index contributed by atoms with van der Waals surface area (Å²) in [4.78, 5) is 16.1. The maximum Gasteiger partial charge on any atom is 0.365 e. The molecule has 0 unspecified atom stereocenters. The Bertz CT molecular complexity index is 815. The third kappa shape index (κ3) is 3.07. The molecule has 0 atom stereocenters. The van der Waals surface area contributed by atoms with Crippen LogP contribution in [0.15, 0.2) is 57.8 Å². The Morgan fingerprint density at radius 3 is 2.86 bits per heavy atom. The van der Waals surface area contributed by atoms with Gasteiger partial charge in [0, 0.05) is 28.5 Å². The number of pyridine rings is 1. The summed E-state index contributed by atoms with van der Waals surface area (Å²) in [5.74, 6) is 0.351. The minimum atomic E-state index is -0.569. The van der Waals surface area contributed by atoms with Crippen LogP contribution in [0.2, 0.25) is 0 Å². The van der Waals surface area contributed by atoms with Crippen LogP contribution in [0.1, 0.15) is 16.1 Å². The Kier molecular flexibility index (Phi) is 4.02. The number of carbonyl (C=O) groups excluding carboxylic acids is 1. The molecule has 0 aliphatic carbocycles. The second-order valence-electron chi connectivity index (χ2n) is 4.62. The molecule has 6 heteroatoms. The van der Waals surface area contributed by atoms with E-state index >= 15 is 0 Å². The van der Waals surface area contributed by atoms with Crippen molar-refractivity contribution < 1.29 is 14.1 Å². The van der Waals surface area contributed by atoms with Crippen molar-refractivity contribution >= 4 is 21.9 Å². The minimum absolute atomic E-state index is 0.111. The molecule has 0 fully saturated rings. The molecular formula is C16H11BrN2O3. The first-order valence-corrected chi connectivity index (χ1v) is 7.28. The monoisotopic (exact) mass is 358 g/mol. The second kappa shape index (κ2) is 6.11. The molecule has 0 radical (unpaired) electrons. The summed E-state index contributed by atoms with van der Waals surface area (Å²) in [6.07, 6.45) is 3.29. The molecule has 0 spiro atoms. The van der Waals surface area contributed by atoms with Gasteiger partial charge in [-0.2, -0.15) is 0 Å². The molecule has 110 valence electrons. The molecule has 0 aliphatic rings. The van der Waals surface area contributed by atoms with E-state index in [0.717, 1.165) is 15.6 Å². The number of aryl methyl sites for hydroxylation is 1. The maximum absolute atomic E-state index is 12.1. The number of esters is 1. The summed E-state index contributed by atoms with van der Waals surface area (Å²) in [7, 11) is 0. The topological polar surface area (TPSA) is 65.2 Å². The van der Waals surface area contributed by atoms with E-state index in [2.05, 4.69) is 26.1 Å². The van der Waals surface area contributed by atoms with Gasteiger partial charge < -0.3 is 9.26 Å². The summed E-state index contributed by atoms with van der Waals surface area (Å²) in [6, 6.07) is 10.4. The highest BCUT2D eigenvalue weighted by molar-refractivity contribution is 9.10. The van der Waals surface area contributed by atoms with Gasteiger partial charge in [0.15, 0.2) is 11.5 Å². The molecule has 0 N–H and O–H groups in total. The molecule has 0 amide bonds. The molecule has 2 heterocycles. The predicted molar refractivity (Wildman–Crippen MR) is 83.6 cm³/mol. The zero-order valence-electron chi connectivity index (χ0n) is 11.6. The standard InChI is InChI=1S/C16H11BrN2O3/c1-10-7-12(4-5-13(10)17)21-16(20)14-8-15(22-19-14)11-3-2-6-18-9-11/h2-9H,1H3. The van der Waals surface area contributed by atoms with E-state index in [4.69, 9.17) is 9.26 Å². The zero-order chi connectivity index (χ0) is 15.5. The van der Waals surface area contributed by atoms with Crippen LogP contribution in [0.4, 0.5) is 0 Å². The first-order valence-electron chi connectivity index (χ1n) is 6.49. The van der Waals surface area contributed by atoms with Crippen molar-refractivity contribution in [2.24, 2.45) is 0 Å². The Morgan fingerprint density at radius 2 is 2.14 bits per heavy atom. The van der Waals surface area contributed by atoms with Crippen LogP contribution < -0.4 is 4.74 Å². The molecule has 3 rings (SSSR count). The van der Waals surface area contributed by atoms with E-state index in [0.29, 0.717) is 11.5 Å². The van der Waals surface area contributed by atoms with Gasteiger partial charge in [-0.15, -0.1) is 0 Å². The van der Waals surface area contributed by atoms with Crippen LogP contribution in [0.25, 0.3) is 11.3 Å². The van der Waals surface area contributed by atoms with Gasteiger partial charge in [0.05, 0.1) is 0 Å². The van der Waals surface area contributed by atoms with Crippen molar-refractivity contribution in [3.63, 3.8) is 0 Å². The lowest BCUT2D eigenvalue weighted by Crippen LogP contribution is -2.08. The number of rotatable bonds is 3. The lowest BCUT2D eigenvalue weighted by atomic mass is 10.2.